The van der Waals surface area contributed by atoms with E-state index in [4.69, 9.17) is 14.2 Å². The molecule has 0 saturated heterocycles. The summed E-state index contributed by atoms with van der Waals surface area (Å²) in [5, 5.41) is 3.05. The van der Waals surface area contributed by atoms with Crippen molar-refractivity contribution in [1.82, 2.24) is 10.2 Å². The van der Waals surface area contributed by atoms with E-state index in [1.165, 1.54) is 25.2 Å². The average Bonchev–Trinajstić information content (AvgIpc) is 3.42. The Morgan fingerprint density at radius 1 is 0.974 bits per heavy atom. The van der Waals surface area contributed by atoms with E-state index in [0.717, 1.165) is 41.8 Å². The van der Waals surface area contributed by atoms with Crippen LogP contribution in [0.15, 0.2) is 42.5 Å². The molecule has 2 aromatic carbocycles. The third kappa shape index (κ3) is 7.31. The molecule has 1 fully saturated rings. The summed E-state index contributed by atoms with van der Waals surface area (Å²) in [5.41, 5.74) is 1.02. The molecule has 3 rings (SSSR count). The fraction of sp³-hybridized carbons (Fsp3) is 0.481. The largest absolute Gasteiger partial charge is 0.497 e. The van der Waals surface area contributed by atoms with E-state index in [9.17, 15) is 18.0 Å². The molecule has 10 nitrogen and oxygen atoms in total. The molecular weight excluding hydrogens is 510 g/mol. The number of hydrogen-bond acceptors (Lipinski definition) is 7. The number of anilines is 1. The smallest absolute Gasteiger partial charge is 0.244 e. The molecular formula is C27H37N3O7S. The van der Waals surface area contributed by atoms with Crippen molar-refractivity contribution in [2.75, 3.05) is 38.4 Å². The molecule has 1 N–H and O–H groups in total. The number of hydrogen-bond donors (Lipinski definition) is 1. The monoisotopic (exact) mass is 547 g/mol. The SMILES string of the molecule is COc1ccc(CN(C(=O)CN(c2ccc(OC)c(OC)c2)S(C)(=O)=O)[C@@H](C)C(=O)NC2CCCC2)cc1. The standard InChI is InChI=1S/C27H37N3O7S/c1-19(27(32)28-21-8-6-7-9-21)29(17-20-10-13-23(35-2)14-11-20)26(31)18-30(38(5,33)34)22-12-15-24(36-3)25(16-22)37-4/h10-16,19,21H,6-9,17-18H2,1-5H3,(H,28,32)/t19-/m0/s1. The van der Waals surface area contributed by atoms with Gasteiger partial charge in [-0.15, -0.1) is 0 Å². The molecule has 1 saturated carbocycles. The molecule has 0 spiro atoms. The number of benzene rings is 2. The van der Waals surface area contributed by atoms with E-state index in [1.54, 1.807) is 38.3 Å². The van der Waals surface area contributed by atoms with Crippen molar-refractivity contribution in [2.45, 2.75) is 51.2 Å². The van der Waals surface area contributed by atoms with Gasteiger partial charge in [0.1, 0.15) is 18.3 Å². The van der Waals surface area contributed by atoms with Gasteiger partial charge in [0, 0.05) is 18.7 Å². The second kappa shape index (κ2) is 12.9. The Hall–Kier alpha value is -3.47. The Morgan fingerprint density at radius 2 is 1.61 bits per heavy atom. The quantitative estimate of drug-likeness (QED) is 0.435. The summed E-state index contributed by atoms with van der Waals surface area (Å²) in [5.74, 6) is 0.626. The predicted octanol–water partition coefficient (Wildman–Crippen LogP) is 2.95. The average molecular weight is 548 g/mol. The second-order valence-corrected chi connectivity index (χ2v) is 11.3. The predicted molar refractivity (Wildman–Crippen MR) is 145 cm³/mol. The maximum absolute atomic E-state index is 13.7. The minimum atomic E-state index is -3.87. The molecule has 0 radical (unpaired) electrons. The van der Waals surface area contributed by atoms with E-state index < -0.39 is 28.5 Å². The maximum atomic E-state index is 13.7. The fourth-order valence-electron chi connectivity index (χ4n) is 4.50. The number of carbonyl (C=O) groups excluding carboxylic acids is 2. The van der Waals surface area contributed by atoms with Crippen LogP contribution in [0.1, 0.15) is 38.2 Å². The van der Waals surface area contributed by atoms with Gasteiger partial charge in [0.15, 0.2) is 11.5 Å². The lowest BCUT2D eigenvalue weighted by Crippen LogP contribution is -2.52. The lowest BCUT2D eigenvalue weighted by atomic mass is 10.1. The lowest BCUT2D eigenvalue weighted by Gasteiger charge is -2.32. The Kier molecular flexibility index (Phi) is 9.84. The van der Waals surface area contributed by atoms with E-state index >= 15 is 0 Å². The molecule has 208 valence electrons. The van der Waals surface area contributed by atoms with Crippen LogP contribution < -0.4 is 23.8 Å². The molecule has 2 amide bonds. The van der Waals surface area contributed by atoms with Crippen LogP contribution in [0.3, 0.4) is 0 Å². The van der Waals surface area contributed by atoms with Gasteiger partial charge in [0.05, 0.1) is 33.3 Å². The van der Waals surface area contributed by atoms with Gasteiger partial charge >= 0.3 is 0 Å². The highest BCUT2D eigenvalue weighted by molar-refractivity contribution is 7.92. The minimum Gasteiger partial charge on any atom is -0.497 e. The Labute approximate surface area is 224 Å². The normalized spacial score (nSPS) is 14.4. The van der Waals surface area contributed by atoms with Crippen molar-refractivity contribution < 1.29 is 32.2 Å². The number of amides is 2. The van der Waals surface area contributed by atoms with Crippen LogP contribution in [0.25, 0.3) is 0 Å². The number of sulfonamides is 1. The molecule has 0 aliphatic heterocycles. The Balaban J connectivity index is 1.91. The number of nitrogens with zero attached hydrogens (tertiary/aromatic N) is 2. The van der Waals surface area contributed by atoms with Crippen molar-refractivity contribution in [1.29, 1.82) is 0 Å². The van der Waals surface area contributed by atoms with Gasteiger partial charge < -0.3 is 24.4 Å². The van der Waals surface area contributed by atoms with Gasteiger partial charge in [-0.25, -0.2) is 8.42 Å². The number of nitrogens with one attached hydrogen (secondary N) is 1. The van der Waals surface area contributed by atoms with Crippen molar-refractivity contribution in [3.05, 3.63) is 48.0 Å². The highest BCUT2D eigenvalue weighted by atomic mass is 32.2. The molecule has 1 atom stereocenters. The third-order valence-corrected chi connectivity index (χ3v) is 7.86. The molecule has 0 heterocycles. The first-order valence-corrected chi connectivity index (χ1v) is 14.3. The summed E-state index contributed by atoms with van der Waals surface area (Å²) in [6, 6.07) is 11.0. The van der Waals surface area contributed by atoms with E-state index in [-0.39, 0.29) is 24.2 Å². The highest BCUT2D eigenvalue weighted by Gasteiger charge is 2.31. The summed E-state index contributed by atoms with van der Waals surface area (Å²) in [7, 11) is 0.618. The van der Waals surface area contributed by atoms with Crippen LogP contribution in [0.4, 0.5) is 5.69 Å². The van der Waals surface area contributed by atoms with Gasteiger partial charge in [-0.3, -0.25) is 13.9 Å². The molecule has 0 bridgehead atoms. The van der Waals surface area contributed by atoms with Crippen molar-refractivity contribution >= 4 is 27.5 Å². The third-order valence-electron chi connectivity index (χ3n) is 6.72. The molecule has 38 heavy (non-hydrogen) atoms. The molecule has 1 aliphatic rings. The van der Waals surface area contributed by atoms with Gasteiger partial charge in [0.2, 0.25) is 21.8 Å². The van der Waals surface area contributed by atoms with E-state index in [0.29, 0.717) is 17.2 Å². The summed E-state index contributed by atoms with van der Waals surface area (Å²) < 4.78 is 42.4. The first-order chi connectivity index (χ1) is 18.1. The fourth-order valence-corrected chi connectivity index (χ4v) is 5.34. The highest BCUT2D eigenvalue weighted by Crippen LogP contribution is 2.32. The van der Waals surface area contributed by atoms with Gasteiger partial charge in [-0.1, -0.05) is 25.0 Å². The zero-order valence-corrected chi connectivity index (χ0v) is 23.4. The zero-order valence-electron chi connectivity index (χ0n) is 22.6. The van der Waals surface area contributed by atoms with Crippen LogP contribution in [0, 0.1) is 0 Å². The number of methoxy groups -OCH3 is 3. The molecule has 0 unspecified atom stereocenters. The first kappa shape index (κ1) is 29.1. The summed E-state index contributed by atoms with van der Waals surface area (Å²) >= 11 is 0. The Morgan fingerprint density at radius 3 is 2.16 bits per heavy atom. The molecule has 0 aromatic heterocycles. The van der Waals surface area contributed by atoms with Crippen molar-refractivity contribution in [3.63, 3.8) is 0 Å². The van der Waals surface area contributed by atoms with Crippen molar-refractivity contribution in [3.8, 4) is 17.2 Å². The van der Waals surface area contributed by atoms with Crippen LogP contribution in [0.5, 0.6) is 17.2 Å². The molecule has 11 heteroatoms. The van der Waals surface area contributed by atoms with Crippen molar-refractivity contribution in [2.24, 2.45) is 0 Å². The number of ether oxygens (including phenoxy) is 3. The lowest BCUT2D eigenvalue weighted by molar-refractivity contribution is -0.139. The minimum absolute atomic E-state index is 0.0853. The van der Waals surface area contributed by atoms with Crippen LogP contribution in [-0.2, 0) is 26.2 Å². The molecule has 2 aromatic rings. The molecule has 1 aliphatic carbocycles. The topological polar surface area (TPSA) is 114 Å². The maximum Gasteiger partial charge on any atom is 0.244 e. The summed E-state index contributed by atoms with van der Waals surface area (Å²) in [6.45, 7) is 1.28. The van der Waals surface area contributed by atoms with E-state index in [2.05, 4.69) is 5.32 Å². The number of rotatable bonds is 12. The van der Waals surface area contributed by atoms with Crippen LogP contribution in [-0.4, -0.2) is 71.3 Å². The van der Waals surface area contributed by atoms with Gasteiger partial charge in [0.25, 0.3) is 0 Å². The second-order valence-electron chi connectivity index (χ2n) is 9.34. The Bertz CT molecular complexity index is 1210. The van der Waals surface area contributed by atoms with E-state index in [1.807, 2.05) is 12.1 Å². The number of carbonyl (C=O) groups is 2. The van der Waals surface area contributed by atoms with Gasteiger partial charge in [-0.2, -0.15) is 0 Å². The van der Waals surface area contributed by atoms with Crippen LogP contribution in [0.2, 0.25) is 0 Å². The van der Waals surface area contributed by atoms with Crippen LogP contribution >= 0.6 is 0 Å². The van der Waals surface area contributed by atoms with Gasteiger partial charge in [-0.05, 0) is 49.6 Å². The first-order valence-electron chi connectivity index (χ1n) is 12.5. The zero-order chi connectivity index (χ0) is 27.9. The summed E-state index contributed by atoms with van der Waals surface area (Å²) in [6.07, 6.45) is 4.96. The summed E-state index contributed by atoms with van der Waals surface area (Å²) in [4.78, 5) is 28.3.